The molecule has 1 atom stereocenters. The lowest BCUT2D eigenvalue weighted by Gasteiger charge is -2.25. The van der Waals surface area contributed by atoms with Gasteiger partial charge in [-0.1, -0.05) is 12.1 Å². The summed E-state index contributed by atoms with van der Waals surface area (Å²) in [4.78, 5) is 10.8. The topological polar surface area (TPSA) is 46.5 Å². The highest BCUT2D eigenvalue weighted by atomic mass is 16.5. The van der Waals surface area contributed by atoms with Gasteiger partial charge in [-0.2, -0.15) is 0 Å². The second-order valence-corrected chi connectivity index (χ2v) is 4.22. The zero-order valence-corrected chi connectivity index (χ0v) is 9.40. The van der Waals surface area contributed by atoms with Crippen molar-refractivity contribution in [2.75, 3.05) is 7.11 Å². The standard InChI is InChI=1S/C13H16O3/c1-16-12-7-3-5-10-9(8-13(14)15)4-2-6-11(10)12/h3,5,7,9H,2,4,6,8H2,1H3,(H,14,15)/t9-/m1/s1. The molecule has 86 valence electrons. The van der Waals surface area contributed by atoms with Gasteiger partial charge in [-0.3, -0.25) is 4.79 Å². The van der Waals surface area contributed by atoms with E-state index in [1.807, 2.05) is 18.2 Å². The maximum absolute atomic E-state index is 10.8. The van der Waals surface area contributed by atoms with Crippen LogP contribution in [0.1, 0.15) is 36.3 Å². The van der Waals surface area contributed by atoms with Gasteiger partial charge in [0.05, 0.1) is 13.5 Å². The third kappa shape index (κ3) is 2.03. The van der Waals surface area contributed by atoms with Crippen LogP contribution < -0.4 is 4.74 Å². The van der Waals surface area contributed by atoms with Gasteiger partial charge in [0.25, 0.3) is 0 Å². The van der Waals surface area contributed by atoms with Crippen LogP contribution in [0.4, 0.5) is 0 Å². The fraction of sp³-hybridized carbons (Fsp3) is 0.462. The highest BCUT2D eigenvalue weighted by molar-refractivity contribution is 5.68. The average molecular weight is 220 g/mol. The zero-order valence-electron chi connectivity index (χ0n) is 9.40. The molecule has 0 spiro atoms. The van der Waals surface area contributed by atoms with Crippen LogP contribution in [-0.4, -0.2) is 18.2 Å². The third-order valence-corrected chi connectivity index (χ3v) is 3.23. The van der Waals surface area contributed by atoms with Crippen LogP contribution in [0.15, 0.2) is 18.2 Å². The van der Waals surface area contributed by atoms with E-state index in [2.05, 4.69) is 0 Å². The molecule has 3 nitrogen and oxygen atoms in total. The number of carboxylic acid groups (broad SMARTS) is 1. The molecule has 0 heterocycles. The van der Waals surface area contributed by atoms with Crippen molar-refractivity contribution in [2.45, 2.75) is 31.6 Å². The molecule has 0 radical (unpaired) electrons. The second-order valence-electron chi connectivity index (χ2n) is 4.22. The number of carboxylic acids is 1. The number of methoxy groups -OCH3 is 1. The fourth-order valence-corrected chi connectivity index (χ4v) is 2.53. The smallest absolute Gasteiger partial charge is 0.303 e. The first-order valence-electron chi connectivity index (χ1n) is 5.60. The molecule has 16 heavy (non-hydrogen) atoms. The van der Waals surface area contributed by atoms with E-state index < -0.39 is 5.97 Å². The summed E-state index contributed by atoms with van der Waals surface area (Å²) in [6.07, 6.45) is 3.23. The van der Waals surface area contributed by atoms with E-state index >= 15 is 0 Å². The molecule has 0 amide bonds. The number of fused-ring (bicyclic) bond motifs is 1. The Balaban J connectivity index is 2.35. The Hall–Kier alpha value is -1.51. The molecule has 1 aliphatic rings. The maximum Gasteiger partial charge on any atom is 0.303 e. The van der Waals surface area contributed by atoms with Gasteiger partial charge in [0.2, 0.25) is 0 Å². The first-order valence-corrected chi connectivity index (χ1v) is 5.60. The lowest BCUT2D eigenvalue weighted by molar-refractivity contribution is -0.137. The maximum atomic E-state index is 10.8. The zero-order chi connectivity index (χ0) is 11.5. The molecular weight excluding hydrogens is 204 g/mol. The van der Waals surface area contributed by atoms with Crippen LogP contribution in [0.5, 0.6) is 5.75 Å². The van der Waals surface area contributed by atoms with E-state index in [0.29, 0.717) is 0 Å². The number of hydrogen-bond acceptors (Lipinski definition) is 2. The van der Waals surface area contributed by atoms with Gasteiger partial charge < -0.3 is 9.84 Å². The molecule has 0 saturated heterocycles. The Kier molecular flexibility index (Phi) is 3.13. The predicted octanol–water partition coefficient (Wildman–Crippen LogP) is 2.59. The van der Waals surface area contributed by atoms with Gasteiger partial charge in [0, 0.05) is 0 Å². The summed E-state index contributed by atoms with van der Waals surface area (Å²) in [5, 5.41) is 8.89. The number of carbonyl (C=O) groups is 1. The molecule has 1 aromatic carbocycles. The molecule has 0 bridgehead atoms. The largest absolute Gasteiger partial charge is 0.496 e. The number of benzene rings is 1. The van der Waals surface area contributed by atoms with E-state index in [9.17, 15) is 4.79 Å². The Bertz CT molecular complexity index is 398. The number of aliphatic carboxylic acids is 1. The summed E-state index contributed by atoms with van der Waals surface area (Å²) in [6.45, 7) is 0. The van der Waals surface area contributed by atoms with Crippen LogP contribution in [0.2, 0.25) is 0 Å². The summed E-state index contributed by atoms with van der Waals surface area (Å²) < 4.78 is 5.32. The van der Waals surface area contributed by atoms with E-state index in [1.54, 1.807) is 7.11 Å². The normalized spacial score (nSPS) is 18.9. The molecule has 1 N–H and O–H groups in total. The summed E-state index contributed by atoms with van der Waals surface area (Å²) in [7, 11) is 1.66. The van der Waals surface area contributed by atoms with E-state index in [-0.39, 0.29) is 12.3 Å². The molecular formula is C13H16O3. The molecule has 0 fully saturated rings. The van der Waals surface area contributed by atoms with Crippen LogP contribution >= 0.6 is 0 Å². The molecule has 3 heteroatoms. The van der Waals surface area contributed by atoms with Crippen molar-refractivity contribution >= 4 is 5.97 Å². The second kappa shape index (κ2) is 4.56. The SMILES string of the molecule is COc1cccc2c1CCC[C@@H]2CC(=O)O. The molecule has 2 rings (SSSR count). The summed E-state index contributed by atoms with van der Waals surface area (Å²) in [5.74, 6) is 0.324. The van der Waals surface area contributed by atoms with Crippen molar-refractivity contribution in [1.82, 2.24) is 0 Å². The first kappa shape index (κ1) is 11.0. The average Bonchev–Trinajstić information content (AvgIpc) is 2.28. The van der Waals surface area contributed by atoms with Crippen molar-refractivity contribution in [3.63, 3.8) is 0 Å². The van der Waals surface area contributed by atoms with E-state index in [4.69, 9.17) is 9.84 Å². The fourth-order valence-electron chi connectivity index (χ4n) is 2.53. The summed E-state index contributed by atoms with van der Waals surface area (Å²) in [6, 6.07) is 5.92. The van der Waals surface area contributed by atoms with Crippen LogP contribution in [-0.2, 0) is 11.2 Å². The molecule has 0 saturated carbocycles. The minimum absolute atomic E-state index is 0.149. The summed E-state index contributed by atoms with van der Waals surface area (Å²) in [5.41, 5.74) is 2.36. The number of hydrogen-bond donors (Lipinski definition) is 1. The quantitative estimate of drug-likeness (QED) is 0.851. The molecule has 1 aliphatic carbocycles. The van der Waals surface area contributed by atoms with Crippen molar-refractivity contribution < 1.29 is 14.6 Å². The molecule has 0 aliphatic heterocycles. The Morgan fingerprint density at radius 2 is 2.38 bits per heavy atom. The van der Waals surface area contributed by atoms with Gasteiger partial charge in [-0.15, -0.1) is 0 Å². The first-order chi connectivity index (χ1) is 7.72. The highest BCUT2D eigenvalue weighted by Gasteiger charge is 2.24. The van der Waals surface area contributed by atoms with Crippen molar-refractivity contribution in [3.8, 4) is 5.75 Å². The monoisotopic (exact) mass is 220 g/mol. The van der Waals surface area contributed by atoms with Crippen molar-refractivity contribution in [1.29, 1.82) is 0 Å². The van der Waals surface area contributed by atoms with Gasteiger partial charge in [-0.05, 0) is 42.4 Å². The predicted molar refractivity (Wildman–Crippen MR) is 60.9 cm³/mol. The number of ether oxygens (including phenoxy) is 1. The van der Waals surface area contributed by atoms with Crippen LogP contribution in [0, 0.1) is 0 Å². The molecule has 1 aromatic rings. The third-order valence-electron chi connectivity index (χ3n) is 3.23. The van der Waals surface area contributed by atoms with Crippen LogP contribution in [0.25, 0.3) is 0 Å². The van der Waals surface area contributed by atoms with Gasteiger partial charge in [0.15, 0.2) is 0 Å². The highest BCUT2D eigenvalue weighted by Crippen LogP contribution is 2.38. The molecule has 0 unspecified atom stereocenters. The van der Waals surface area contributed by atoms with Gasteiger partial charge >= 0.3 is 5.97 Å². The Morgan fingerprint density at radius 1 is 1.56 bits per heavy atom. The van der Waals surface area contributed by atoms with E-state index in [1.165, 1.54) is 5.56 Å². The Labute approximate surface area is 95.0 Å². The van der Waals surface area contributed by atoms with Gasteiger partial charge in [-0.25, -0.2) is 0 Å². The summed E-state index contributed by atoms with van der Waals surface area (Å²) >= 11 is 0. The van der Waals surface area contributed by atoms with E-state index in [0.717, 1.165) is 30.6 Å². The van der Waals surface area contributed by atoms with Gasteiger partial charge in [0.1, 0.15) is 5.75 Å². The Morgan fingerprint density at radius 3 is 3.06 bits per heavy atom. The minimum Gasteiger partial charge on any atom is -0.496 e. The van der Waals surface area contributed by atoms with Crippen molar-refractivity contribution in [3.05, 3.63) is 29.3 Å². The molecule has 0 aromatic heterocycles. The number of rotatable bonds is 3. The minimum atomic E-state index is -0.722. The van der Waals surface area contributed by atoms with Crippen LogP contribution in [0.3, 0.4) is 0 Å². The lowest BCUT2D eigenvalue weighted by atomic mass is 9.81. The van der Waals surface area contributed by atoms with Crippen molar-refractivity contribution in [2.24, 2.45) is 0 Å². The lowest BCUT2D eigenvalue weighted by Crippen LogP contribution is -2.14.